The Morgan fingerprint density at radius 1 is 1.09 bits per heavy atom. The van der Waals surface area contributed by atoms with Gasteiger partial charge in [-0.1, -0.05) is 0 Å². The summed E-state index contributed by atoms with van der Waals surface area (Å²) in [5.41, 5.74) is 3.02. The van der Waals surface area contributed by atoms with E-state index >= 15 is 0 Å². The van der Waals surface area contributed by atoms with Gasteiger partial charge in [-0.25, -0.2) is 9.37 Å². The third-order valence-corrected chi connectivity index (χ3v) is 4.78. The molecule has 110 valence electrons. The van der Waals surface area contributed by atoms with Crippen molar-refractivity contribution in [2.75, 3.05) is 0 Å². The average Bonchev–Trinajstić information content (AvgIpc) is 3.14. The first kappa shape index (κ1) is 12.1. The van der Waals surface area contributed by atoms with Gasteiger partial charge in [-0.2, -0.15) is 0 Å². The van der Waals surface area contributed by atoms with E-state index in [1.165, 1.54) is 12.1 Å². The molecule has 0 bridgehead atoms. The Morgan fingerprint density at radius 3 is 2.77 bits per heavy atom. The number of fused-ring (bicyclic) bond motifs is 6. The van der Waals surface area contributed by atoms with Gasteiger partial charge in [-0.3, -0.25) is 9.55 Å². The Balaban J connectivity index is 1.90. The fourth-order valence-corrected chi connectivity index (χ4v) is 3.82. The second kappa shape index (κ2) is 4.06. The van der Waals surface area contributed by atoms with Gasteiger partial charge in [0.15, 0.2) is 5.65 Å². The van der Waals surface area contributed by atoms with Gasteiger partial charge in [0.25, 0.3) is 0 Å². The van der Waals surface area contributed by atoms with Gasteiger partial charge < -0.3 is 4.74 Å². The molecular weight excluding hydrogens is 281 g/mol. The van der Waals surface area contributed by atoms with E-state index in [4.69, 9.17) is 4.74 Å². The fraction of sp³-hybridized carbons (Fsp3) is 0.294. The van der Waals surface area contributed by atoms with Crippen molar-refractivity contribution in [1.29, 1.82) is 0 Å². The van der Waals surface area contributed by atoms with Gasteiger partial charge in [-0.15, -0.1) is 0 Å². The van der Waals surface area contributed by atoms with E-state index in [1.54, 1.807) is 18.5 Å². The van der Waals surface area contributed by atoms with Crippen molar-refractivity contribution >= 4 is 11.2 Å². The van der Waals surface area contributed by atoms with Crippen LogP contribution in [-0.4, -0.2) is 14.5 Å². The molecule has 22 heavy (non-hydrogen) atoms. The predicted octanol–water partition coefficient (Wildman–Crippen LogP) is 3.72. The van der Waals surface area contributed by atoms with Crippen LogP contribution in [0.5, 0.6) is 5.75 Å². The third kappa shape index (κ3) is 1.46. The van der Waals surface area contributed by atoms with E-state index < -0.39 is 0 Å². The van der Waals surface area contributed by atoms with Crippen molar-refractivity contribution < 1.29 is 9.13 Å². The van der Waals surface area contributed by atoms with E-state index in [2.05, 4.69) is 9.97 Å². The fourth-order valence-electron chi connectivity index (χ4n) is 3.82. The van der Waals surface area contributed by atoms with Crippen LogP contribution in [0.4, 0.5) is 4.39 Å². The SMILES string of the molecule is Fc1ccc2c(c1)-n1c(cc3nccnc31)C1(CCCC1)O2. The highest BCUT2D eigenvalue weighted by molar-refractivity contribution is 5.77. The molecule has 2 aromatic heterocycles. The Morgan fingerprint density at radius 2 is 1.91 bits per heavy atom. The van der Waals surface area contributed by atoms with Crippen molar-refractivity contribution in [2.45, 2.75) is 31.3 Å². The Labute approximate surface area is 126 Å². The van der Waals surface area contributed by atoms with Gasteiger partial charge in [0.1, 0.15) is 22.7 Å². The minimum Gasteiger partial charge on any atom is -0.479 e. The maximum absolute atomic E-state index is 13.8. The molecule has 3 aromatic rings. The summed E-state index contributed by atoms with van der Waals surface area (Å²) in [4.78, 5) is 8.86. The quantitative estimate of drug-likeness (QED) is 0.634. The molecule has 0 atom stereocenters. The number of halogens is 1. The molecule has 5 heteroatoms. The van der Waals surface area contributed by atoms with Gasteiger partial charge in [0.05, 0.1) is 11.4 Å². The molecule has 0 unspecified atom stereocenters. The summed E-state index contributed by atoms with van der Waals surface area (Å²) < 4.78 is 22.1. The predicted molar refractivity (Wildman–Crippen MR) is 79.6 cm³/mol. The lowest BCUT2D eigenvalue weighted by atomic mass is 9.95. The molecule has 0 N–H and O–H groups in total. The summed E-state index contributed by atoms with van der Waals surface area (Å²) in [6.45, 7) is 0. The van der Waals surface area contributed by atoms with E-state index in [9.17, 15) is 4.39 Å². The second-order valence-electron chi connectivity index (χ2n) is 6.05. The molecule has 1 aliphatic carbocycles. The molecule has 1 spiro atoms. The van der Waals surface area contributed by atoms with Crippen molar-refractivity contribution in [3.8, 4) is 11.4 Å². The van der Waals surface area contributed by atoms with E-state index in [1.807, 2.05) is 10.6 Å². The Hall–Kier alpha value is -2.43. The monoisotopic (exact) mass is 295 g/mol. The van der Waals surface area contributed by atoms with Crippen LogP contribution < -0.4 is 4.74 Å². The maximum Gasteiger partial charge on any atom is 0.163 e. The zero-order valence-electron chi connectivity index (χ0n) is 11.9. The van der Waals surface area contributed by atoms with Crippen molar-refractivity contribution in [1.82, 2.24) is 14.5 Å². The molecule has 4 nitrogen and oxygen atoms in total. The molecule has 1 aromatic carbocycles. The molecule has 1 aliphatic heterocycles. The van der Waals surface area contributed by atoms with Crippen molar-refractivity contribution in [3.63, 3.8) is 0 Å². The zero-order chi connectivity index (χ0) is 14.7. The van der Waals surface area contributed by atoms with Gasteiger partial charge in [0, 0.05) is 18.5 Å². The molecule has 0 saturated heterocycles. The maximum atomic E-state index is 13.8. The molecule has 0 radical (unpaired) electrons. The van der Waals surface area contributed by atoms with Crippen LogP contribution in [0.2, 0.25) is 0 Å². The van der Waals surface area contributed by atoms with Crippen LogP contribution in [-0.2, 0) is 5.60 Å². The lowest BCUT2D eigenvalue weighted by Crippen LogP contribution is -2.35. The van der Waals surface area contributed by atoms with Crippen LogP contribution in [0.15, 0.2) is 36.7 Å². The summed E-state index contributed by atoms with van der Waals surface area (Å²) in [5.74, 6) is 0.445. The first-order valence-corrected chi connectivity index (χ1v) is 7.59. The van der Waals surface area contributed by atoms with Crippen LogP contribution in [0.25, 0.3) is 16.9 Å². The van der Waals surface area contributed by atoms with Gasteiger partial charge in [0.2, 0.25) is 0 Å². The molecule has 2 aliphatic rings. The summed E-state index contributed by atoms with van der Waals surface area (Å²) in [6.07, 6.45) is 7.58. The number of rotatable bonds is 0. The molecule has 5 rings (SSSR count). The summed E-state index contributed by atoms with van der Waals surface area (Å²) >= 11 is 0. The minimum atomic E-state index is -0.326. The van der Waals surface area contributed by atoms with Crippen LogP contribution >= 0.6 is 0 Å². The number of benzene rings is 1. The van der Waals surface area contributed by atoms with Crippen molar-refractivity contribution in [3.05, 3.63) is 48.2 Å². The standard InChI is InChI=1S/C17H14FN3O/c18-11-3-4-14-13(9-11)21-15(17(22-14)5-1-2-6-17)10-12-16(21)20-8-7-19-12/h3-4,7-10H,1-2,5-6H2. The summed E-state index contributed by atoms with van der Waals surface area (Å²) in [5, 5.41) is 0. The molecule has 1 saturated carbocycles. The first-order valence-electron chi connectivity index (χ1n) is 7.59. The van der Waals surface area contributed by atoms with E-state index in [-0.39, 0.29) is 11.4 Å². The zero-order valence-corrected chi connectivity index (χ0v) is 11.9. The molecule has 0 amide bonds. The van der Waals surface area contributed by atoms with E-state index in [0.29, 0.717) is 5.69 Å². The highest BCUT2D eigenvalue weighted by Gasteiger charge is 2.45. The highest BCUT2D eigenvalue weighted by atomic mass is 19.1. The number of hydrogen-bond acceptors (Lipinski definition) is 3. The Bertz CT molecular complexity index is 896. The molecule has 1 fully saturated rings. The lowest BCUT2D eigenvalue weighted by Gasteiger charge is -2.36. The number of ether oxygens (including phenoxy) is 1. The number of nitrogens with zero attached hydrogens (tertiary/aromatic N) is 3. The second-order valence-corrected chi connectivity index (χ2v) is 6.05. The number of aromatic nitrogens is 3. The first-order chi connectivity index (χ1) is 10.8. The summed E-state index contributed by atoms with van der Waals surface area (Å²) in [7, 11) is 0. The Kier molecular flexibility index (Phi) is 2.24. The van der Waals surface area contributed by atoms with Crippen LogP contribution in [0, 0.1) is 5.82 Å². The summed E-state index contributed by atoms with van der Waals surface area (Å²) in [6, 6.07) is 6.72. The smallest absolute Gasteiger partial charge is 0.163 e. The van der Waals surface area contributed by atoms with Crippen LogP contribution in [0.3, 0.4) is 0 Å². The highest BCUT2D eigenvalue weighted by Crippen LogP contribution is 2.49. The van der Waals surface area contributed by atoms with Crippen molar-refractivity contribution in [2.24, 2.45) is 0 Å². The van der Waals surface area contributed by atoms with Gasteiger partial charge in [-0.05, 0) is 43.9 Å². The lowest BCUT2D eigenvalue weighted by molar-refractivity contribution is 0.0594. The molecular formula is C17H14FN3O. The average molecular weight is 295 g/mol. The molecule has 3 heterocycles. The topological polar surface area (TPSA) is 39.9 Å². The van der Waals surface area contributed by atoms with Gasteiger partial charge >= 0.3 is 0 Å². The van der Waals surface area contributed by atoms with Crippen LogP contribution in [0.1, 0.15) is 31.4 Å². The minimum absolute atomic E-state index is 0.276. The normalized spacial score (nSPS) is 18.2. The largest absolute Gasteiger partial charge is 0.479 e. The number of hydrogen-bond donors (Lipinski definition) is 0. The van der Waals surface area contributed by atoms with E-state index in [0.717, 1.165) is 48.3 Å². The third-order valence-electron chi connectivity index (χ3n) is 4.78.